The second-order valence-corrected chi connectivity index (χ2v) is 4.39. The maximum Gasteiger partial charge on any atom is 0.115 e. The van der Waals surface area contributed by atoms with Gasteiger partial charge in [-0.25, -0.2) is 0 Å². The van der Waals surface area contributed by atoms with Crippen LogP contribution in [0.3, 0.4) is 0 Å². The molecule has 0 radical (unpaired) electrons. The van der Waals surface area contributed by atoms with Gasteiger partial charge >= 0.3 is 0 Å². The largest absolute Gasteiger partial charge is 0.508 e. The molecule has 2 N–H and O–H groups in total. The van der Waals surface area contributed by atoms with E-state index in [-0.39, 0.29) is 0 Å². The van der Waals surface area contributed by atoms with Gasteiger partial charge in [0.05, 0.1) is 6.61 Å². The molecular weight excluding hydrogens is 202 g/mol. The molecule has 1 saturated heterocycles. The smallest absolute Gasteiger partial charge is 0.115 e. The van der Waals surface area contributed by atoms with Crippen molar-refractivity contribution < 1.29 is 9.84 Å². The van der Waals surface area contributed by atoms with Gasteiger partial charge in [0, 0.05) is 18.7 Å². The molecule has 3 nitrogen and oxygen atoms in total. The average molecular weight is 221 g/mol. The second-order valence-electron chi connectivity index (χ2n) is 4.39. The summed E-state index contributed by atoms with van der Waals surface area (Å²) in [5, 5.41) is 12.8. The van der Waals surface area contributed by atoms with E-state index in [1.54, 1.807) is 12.1 Å². The molecule has 0 saturated carbocycles. The summed E-state index contributed by atoms with van der Waals surface area (Å²) in [5.41, 5.74) is 1.20. The maximum absolute atomic E-state index is 9.22. The Bertz CT molecular complexity index is 317. The lowest BCUT2D eigenvalue weighted by Crippen LogP contribution is -2.38. The molecule has 1 aromatic carbocycles. The number of hydrogen-bond acceptors (Lipinski definition) is 3. The first-order valence-corrected chi connectivity index (χ1v) is 5.88. The van der Waals surface area contributed by atoms with E-state index in [0.29, 0.717) is 17.8 Å². The van der Waals surface area contributed by atoms with Crippen LogP contribution in [0.2, 0.25) is 0 Å². The molecule has 0 aliphatic carbocycles. The molecule has 0 bridgehead atoms. The van der Waals surface area contributed by atoms with Crippen LogP contribution in [0.5, 0.6) is 5.75 Å². The Morgan fingerprint density at radius 1 is 1.38 bits per heavy atom. The number of aromatic hydroxyl groups is 1. The SMILES string of the molecule is CC(NC1CCCOC1)c1ccc(O)cc1. The van der Waals surface area contributed by atoms with Gasteiger partial charge in [0.15, 0.2) is 0 Å². The van der Waals surface area contributed by atoms with E-state index in [2.05, 4.69) is 12.2 Å². The van der Waals surface area contributed by atoms with Crippen LogP contribution in [0.4, 0.5) is 0 Å². The van der Waals surface area contributed by atoms with Crippen LogP contribution in [0.1, 0.15) is 31.4 Å². The molecule has 1 aliphatic heterocycles. The molecule has 88 valence electrons. The van der Waals surface area contributed by atoms with E-state index in [1.807, 2.05) is 12.1 Å². The predicted molar refractivity (Wildman–Crippen MR) is 63.5 cm³/mol. The van der Waals surface area contributed by atoms with E-state index in [4.69, 9.17) is 4.74 Å². The first-order valence-electron chi connectivity index (χ1n) is 5.88. The Morgan fingerprint density at radius 2 is 2.12 bits per heavy atom. The molecule has 2 rings (SSSR count). The van der Waals surface area contributed by atoms with Gasteiger partial charge in [0.1, 0.15) is 5.75 Å². The molecule has 1 heterocycles. The van der Waals surface area contributed by atoms with Gasteiger partial charge < -0.3 is 15.2 Å². The van der Waals surface area contributed by atoms with Crippen LogP contribution in [-0.4, -0.2) is 24.4 Å². The van der Waals surface area contributed by atoms with Crippen LogP contribution < -0.4 is 5.32 Å². The van der Waals surface area contributed by atoms with Crippen LogP contribution in [0, 0.1) is 0 Å². The molecule has 1 aromatic rings. The molecular formula is C13H19NO2. The van der Waals surface area contributed by atoms with Crippen LogP contribution in [0.25, 0.3) is 0 Å². The van der Waals surface area contributed by atoms with Gasteiger partial charge in [0.2, 0.25) is 0 Å². The highest BCUT2D eigenvalue weighted by Gasteiger charge is 2.16. The standard InChI is InChI=1S/C13H19NO2/c1-10(11-4-6-13(15)7-5-11)14-12-3-2-8-16-9-12/h4-7,10,12,14-15H,2-3,8-9H2,1H3. The first kappa shape index (κ1) is 11.4. The fourth-order valence-corrected chi connectivity index (χ4v) is 2.08. The van der Waals surface area contributed by atoms with Crippen LogP contribution in [-0.2, 0) is 4.74 Å². The number of rotatable bonds is 3. The van der Waals surface area contributed by atoms with Crippen molar-refractivity contribution in [2.45, 2.75) is 31.8 Å². The molecule has 0 spiro atoms. The Kier molecular flexibility index (Phi) is 3.80. The zero-order valence-corrected chi connectivity index (χ0v) is 9.65. The molecule has 1 aliphatic rings. The molecule has 0 aromatic heterocycles. The van der Waals surface area contributed by atoms with Crippen molar-refractivity contribution in [1.82, 2.24) is 5.32 Å². The zero-order valence-electron chi connectivity index (χ0n) is 9.65. The first-order chi connectivity index (χ1) is 7.75. The minimum absolute atomic E-state index is 0.298. The third-order valence-corrected chi connectivity index (χ3v) is 3.04. The molecule has 0 amide bonds. The second kappa shape index (κ2) is 5.32. The van der Waals surface area contributed by atoms with Gasteiger partial charge in [-0.05, 0) is 37.5 Å². The van der Waals surface area contributed by atoms with Gasteiger partial charge in [-0.1, -0.05) is 12.1 Å². The lowest BCUT2D eigenvalue weighted by Gasteiger charge is -2.27. The maximum atomic E-state index is 9.22. The predicted octanol–water partition coefficient (Wildman–Crippen LogP) is 2.22. The van der Waals surface area contributed by atoms with E-state index < -0.39 is 0 Å². The summed E-state index contributed by atoms with van der Waals surface area (Å²) < 4.78 is 5.44. The third-order valence-electron chi connectivity index (χ3n) is 3.04. The molecule has 16 heavy (non-hydrogen) atoms. The number of benzene rings is 1. The Hall–Kier alpha value is -1.06. The minimum atomic E-state index is 0.298. The normalized spacial score (nSPS) is 22.9. The lowest BCUT2D eigenvalue weighted by molar-refractivity contribution is 0.0671. The van der Waals surface area contributed by atoms with E-state index >= 15 is 0 Å². The number of phenols is 1. The van der Waals surface area contributed by atoms with E-state index in [0.717, 1.165) is 19.6 Å². The van der Waals surface area contributed by atoms with Crippen molar-refractivity contribution in [3.05, 3.63) is 29.8 Å². The van der Waals surface area contributed by atoms with Crippen molar-refractivity contribution in [3.8, 4) is 5.75 Å². The number of phenolic OH excluding ortho intramolecular Hbond substituents is 1. The van der Waals surface area contributed by atoms with Gasteiger partial charge in [-0.2, -0.15) is 0 Å². The van der Waals surface area contributed by atoms with Crippen molar-refractivity contribution in [3.63, 3.8) is 0 Å². The van der Waals surface area contributed by atoms with Gasteiger partial charge in [0.25, 0.3) is 0 Å². The Morgan fingerprint density at radius 3 is 2.75 bits per heavy atom. The lowest BCUT2D eigenvalue weighted by atomic mass is 10.0. The minimum Gasteiger partial charge on any atom is -0.508 e. The third kappa shape index (κ3) is 2.97. The monoisotopic (exact) mass is 221 g/mol. The van der Waals surface area contributed by atoms with Gasteiger partial charge in [-0.15, -0.1) is 0 Å². The van der Waals surface area contributed by atoms with Crippen molar-refractivity contribution in [2.24, 2.45) is 0 Å². The quantitative estimate of drug-likeness (QED) is 0.822. The van der Waals surface area contributed by atoms with Gasteiger partial charge in [-0.3, -0.25) is 0 Å². The Balaban J connectivity index is 1.91. The summed E-state index contributed by atoms with van der Waals surface area (Å²) in [6.45, 7) is 3.84. The summed E-state index contributed by atoms with van der Waals surface area (Å²) in [6.07, 6.45) is 2.32. The molecule has 2 unspecified atom stereocenters. The topological polar surface area (TPSA) is 41.5 Å². The fourth-order valence-electron chi connectivity index (χ4n) is 2.08. The number of ether oxygens (including phenoxy) is 1. The molecule has 2 atom stereocenters. The highest BCUT2D eigenvalue weighted by atomic mass is 16.5. The van der Waals surface area contributed by atoms with Crippen molar-refractivity contribution in [2.75, 3.05) is 13.2 Å². The summed E-state index contributed by atoms with van der Waals surface area (Å²) in [7, 11) is 0. The van der Waals surface area contributed by atoms with Crippen molar-refractivity contribution >= 4 is 0 Å². The Labute approximate surface area is 96.4 Å². The fraction of sp³-hybridized carbons (Fsp3) is 0.538. The highest BCUT2D eigenvalue weighted by molar-refractivity contribution is 5.27. The van der Waals surface area contributed by atoms with Crippen LogP contribution >= 0.6 is 0 Å². The van der Waals surface area contributed by atoms with Crippen molar-refractivity contribution in [1.29, 1.82) is 0 Å². The highest BCUT2D eigenvalue weighted by Crippen LogP contribution is 2.18. The number of hydrogen-bond donors (Lipinski definition) is 2. The molecule has 3 heteroatoms. The average Bonchev–Trinajstić information content (AvgIpc) is 2.31. The van der Waals surface area contributed by atoms with Crippen LogP contribution in [0.15, 0.2) is 24.3 Å². The number of nitrogens with one attached hydrogen (secondary N) is 1. The summed E-state index contributed by atoms with van der Waals surface area (Å²) in [6, 6.07) is 8.12. The summed E-state index contributed by atoms with van der Waals surface area (Å²) in [4.78, 5) is 0. The summed E-state index contributed by atoms with van der Waals surface area (Å²) >= 11 is 0. The zero-order chi connectivity index (χ0) is 11.4. The van der Waals surface area contributed by atoms with E-state index in [1.165, 1.54) is 12.0 Å². The van der Waals surface area contributed by atoms with E-state index in [9.17, 15) is 5.11 Å². The molecule has 1 fully saturated rings. The summed E-state index contributed by atoms with van der Waals surface area (Å²) in [5.74, 6) is 0.317.